The van der Waals surface area contributed by atoms with Gasteiger partial charge in [-0.3, -0.25) is 4.98 Å². The Kier molecular flexibility index (Phi) is 7.90. The molecule has 7 nitrogen and oxygen atoms in total. The number of rotatable bonds is 8. The van der Waals surface area contributed by atoms with E-state index in [1.54, 1.807) is 38.2 Å². The molecule has 184 valence electrons. The normalized spacial score (nSPS) is 15.0. The van der Waals surface area contributed by atoms with Crippen molar-refractivity contribution in [1.29, 1.82) is 0 Å². The zero-order chi connectivity index (χ0) is 24.8. The van der Waals surface area contributed by atoms with Crippen LogP contribution in [0.25, 0.3) is 11.3 Å². The van der Waals surface area contributed by atoms with E-state index in [1.807, 2.05) is 18.5 Å². The zero-order valence-electron chi connectivity index (χ0n) is 20.5. The maximum atomic E-state index is 14.6. The molecule has 0 unspecified atom stereocenters. The zero-order valence-corrected chi connectivity index (χ0v) is 20.5. The van der Waals surface area contributed by atoms with Gasteiger partial charge in [0.2, 0.25) is 5.95 Å². The Morgan fingerprint density at radius 1 is 1.11 bits per heavy atom. The lowest BCUT2D eigenvalue weighted by Crippen LogP contribution is -2.36. The van der Waals surface area contributed by atoms with Crippen molar-refractivity contribution < 1.29 is 13.9 Å². The van der Waals surface area contributed by atoms with Gasteiger partial charge >= 0.3 is 0 Å². The van der Waals surface area contributed by atoms with Crippen LogP contribution in [0.15, 0.2) is 48.9 Å². The molecule has 4 rings (SSSR count). The number of hydrogen-bond donors (Lipinski definition) is 0. The SMILES string of the molecule is CCc1cnc(N2CCC(COc3ccc(-c4ccc(/C=[N+](\[O-])C(C)C)cc4F)nc3)CC2)nc1. The Hall–Kier alpha value is -3.55. The standard InChI is InChI=1S/C27H32FN5O2/c1-4-20-14-30-27(31-15-20)32-11-9-21(10-12-32)18-35-23-6-8-26(29-16-23)24-7-5-22(13-25(24)28)17-33(34)19(2)3/h5-8,13-17,19,21H,4,9-12,18H2,1-3H3/b33-17-. The third kappa shape index (κ3) is 6.32. The van der Waals surface area contributed by atoms with E-state index < -0.39 is 5.82 Å². The maximum absolute atomic E-state index is 14.6. The quantitative estimate of drug-likeness (QED) is 0.199. The fraction of sp³-hybridized carbons (Fsp3) is 0.407. The molecule has 35 heavy (non-hydrogen) atoms. The summed E-state index contributed by atoms with van der Waals surface area (Å²) in [6.07, 6.45) is 9.79. The molecule has 3 heterocycles. The van der Waals surface area contributed by atoms with Crippen LogP contribution in [0.2, 0.25) is 0 Å². The highest BCUT2D eigenvalue weighted by Gasteiger charge is 2.21. The number of pyridine rings is 1. The van der Waals surface area contributed by atoms with E-state index in [4.69, 9.17) is 4.74 Å². The number of halogens is 1. The minimum atomic E-state index is -0.419. The van der Waals surface area contributed by atoms with Gasteiger partial charge in [0.1, 0.15) is 11.6 Å². The lowest BCUT2D eigenvalue weighted by atomic mass is 9.98. The molecule has 0 N–H and O–H groups in total. The number of hydroxylamine groups is 1. The predicted molar refractivity (Wildman–Crippen MR) is 135 cm³/mol. The van der Waals surface area contributed by atoms with Gasteiger partial charge in [-0.15, -0.1) is 0 Å². The van der Waals surface area contributed by atoms with Gasteiger partial charge in [0.05, 0.1) is 18.5 Å². The van der Waals surface area contributed by atoms with Gasteiger partial charge in [-0.05, 0) is 74.9 Å². The first-order valence-corrected chi connectivity index (χ1v) is 12.2. The van der Waals surface area contributed by atoms with Crippen molar-refractivity contribution >= 4 is 12.2 Å². The summed E-state index contributed by atoms with van der Waals surface area (Å²) in [5, 5.41) is 11.8. The molecule has 1 saturated heterocycles. The third-order valence-corrected chi connectivity index (χ3v) is 6.27. The maximum Gasteiger partial charge on any atom is 0.225 e. The highest BCUT2D eigenvalue weighted by atomic mass is 19.1. The number of aromatic nitrogens is 3. The molecule has 0 amide bonds. The fourth-order valence-corrected chi connectivity index (χ4v) is 3.95. The minimum Gasteiger partial charge on any atom is -0.624 e. The first-order chi connectivity index (χ1) is 16.9. The van der Waals surface area contributed by atoms with Crippen molar-refractivity contribution in [2.45, 2.75) is 46.1 Å². The van der Waals surface area contributed by atoms with Gasteiger partial charge in [0, 0.05) is 36.6 Å². The van der Waals surface area contributed by atoms with Crippen molar-refractivity contribution in [3.05, 3.63) is 71.1 Å². The Morgan fingerprint density at radius 3 is 2.46 bits per heavy atom. The van der Waals surface area contributed by atoms with E-state index in [0.29, 0.717) is 35.1 Å². The molecular weight excluding hydrogens is 445 g/mol. The lowest BCUT2D eigenvalue weighted by Gasteiger charge is -2.31. The van der Waals surface area contributed by atoms with Crippen molar-refractivity contribution in [2.75, 3.05) is 24.6 Å². The number of benzene rings is 1. The second-order valence-corrected chi connectivity index (χ2v) is 9.19. The highest BCUT2D eigenvalue weighted by Crippen LogP contribution is 2.25. The van der Waals surface area contributed by atoms with E-state index in [2.05, 4.69) is 26.8 Å². The number of anilines is 1. The molecule has 1 aromatic carbocycles. The Bertz CT molecular complexity index is 1140. The summed E-state index contributed by atoms with van der Waals surface area (Å²) in [7, 11) is 0. The van der Waals surface area contributed by atoms with Gasteiger partial charge in [-0.25, -0.2) is 19.1 Å². The van der Waals surface area contributed by atoms with Crippen LogP contribution in [0.1, 0.15) is 44.7 Å². The highest BCUT2D eigenvalue weighted by molar-refractivity contribution is 5.77. The molecule has 0 atom stereocenters. The summed E-state index contributed by atoms with van der Waals surface area (Å²) in [5.74, 6) is 1.49. The molecule has 0 radical (unpaired) electrons. The van der Waals surface area contributed by atoms with E-state index in [9.17, 15) is 9.60 Å². The molecule has 8 heteroatoms. The molecule has 0 saturated carbocycles. The average Bonchev–Trinajstić information content (AvgIpc) is 2.88. The molecule has 0 bridgehead atoms. The number of ether oxygens (including phenoxy) is 1. The van der Waals surface area contributed by atoms with Crippen LogP contribution in [-0.4, -0.2) is 51.6 Å². The van der Waals surface area contributed by atoms with Crippen LogP contribution in [0.4, 0.5) is 10.3 Å². The topological polar surface area (TPSA) is 77.2 Å². The van der Waals surface area contributed by atoms with E-state index >= 15 is 0 Å². The van der Waals surface area contributed by atoms with Crippen LogP contribution >= 0.6 is 0 Å². The molecule has 0 spiro atoms. The molecular formula is C27H32FN5O2. The van der Waals surface area contributed by atoms with Crippen molar-refractivity contribution in [1.82, 2.24) is 15.0 Å². The predicted octanol–water partition coefficient (Wildman–Crippen LogP) is 4.87. The summed E-state index contributed by atoms with van der Waals surface area (Å²) in [5.41, 5.74) is 2.57. The van der Waals surface area contributed by atoms with Crippen LogP contribution in [0.5, 0.6) is 5.75 Å². The van der Waals surface area contributed by atoms with Gasteiger partial charge < -0.3 is 14.8 Å². The van der Waals surface area contributed by atoms with Gasteiger partial charge in [-0.2, -0.15) is 0 Å². The van der Waals surface area contributed by atoms with Gasteiger partial charge in [-0.1, -0.05) is 6.92 Å². The van der Waals surface area contributed by atoms with E-state index in [-0.39, 0.29) is 6.04 Å². The number of piperidine rings is 1. The molecule has 1 fully saturated rings. The summed E-state index contributed by atoms with van der Waals surface area (Å²) >= 11 is 0. The summed E-state index contributed by atoms with van der Waals surface area (Å²) in [6.45, 7) is 8.09. The third-order valence-electron chi connectivity index (χ3n) is 6.27. The van der Waals surface area contributed by atoms with Crippen molar-refractivity contribution in [2.24, 2.45) is 5.92 Å². The monoisotopic (exact) mass is 477 g/mol. The molecule has 2 aromatic heterocycles. The average molecular weight is 478 g/mol. The fourth-order valence-electron chi connectivity index (χ4n) is 3.95. The number of hydrogen-bond acceptors (Lipinski definition) is 6. The Labute approximate surface area is 205 Å². The second kappa shape index (κ2) is 11.3. The molecule has 1 aliphatic rings. The Balaban J connectivity index is 1.29. The van der Waals surface area contributed by atoms with Crippen molar-refractivity contribution in [3.63, 3.8) is 0 Å². The second-order valence-electron chi connectivity index (χ2n) is 9.19. The molecule has 1 aliphatic heterocycles. The summed E-state index contributed by atoms with van der Waals surface area (Å²) < 4.78 is 21.4. The van der Waals surface area contributed by atoms with Crippen LogP contribution in [0, 0.1) is 16.9 Å². The minimum absolute atomic E-state index is 0.202. The van der Waals surface area contributed by atoms with Gasteiger partial charge in [0.25, 0.3) is 0 Å². The Morgan fingerprint density at radius 2 is 1.86 bits per heavy atom. The number of aryl methyl sites for hydroxylation is 1. The first-order valence-electron chi connectivity index (χ1n) is 12.2. The smallest absolute Gasteiger partial charge is 0.225 e. The van der Waals surface area contributed by atoms with Crippen LogP contribution in [-0.2, 0) is 6.42 Å². The summed E-state index contributed by atoms with van der Waals surface area (Å²) in [4.78, 5) is 15.6. The molecule has 3 aromatic rings. The number of nitrogens with zero attached hydrogens (tertiary/aromatic N) is 5. The van der Waals surface area contributed by atoms with Gasteiger partial charge in [0.15, 0.2) is 12.3 Å². The lowest BCUT2D eigenvalue weighted by molar-refractivity contribution is -0.487. The largest absolute Gasteiger partial charge is 0.624 e. The van der Waals surface area contributed by atoms with E-state index in [1.165, 1.54) is 12.3 Å². The molecule has 0 aliphatic carbocycles. The van der Waals surface area contributed by atoms with Crippen LogP contribution in [0.3, 0.4) is 0 Å². The first kappa shape index (κ1) is 24.6. The summed E-state index contributed by atoms with van der Waals surface area (Å²) in [6, 6.07) is 8.08. The van der Waals surface area contributed by atoms with Crippen molar-refractivity contribution in [3.8, 4) is 17.0 Å². The van der Waals surface area contributed by atoms with Crippen LogP contribution < -0.4 is 9.64 Å². The van der Waals surface area contributed by atoms with E-state index in [0.717, 1.165) is 48.6 Å².